The van der Waals surface area contributed by atoms with Crippen molar-refractivity contribution in [3.8, 4) is 0 Å². The van der Waals surface area contributed by atoms with E-state index in [9.17, 15) is 14.4 Å². The quantitative estimate of drug-likeness (QED) is 0.617. The number of aryl methyl sites for hydroxylation is 1. The average Bonchev–Trinajstić information content (AvgIpc) is 3.31. The predicted molar refractivity (Wildman–Crippen MR) is 105 cm³/mol. The molecule has 1 N–H and O–H groups in total. The Bertz CT molecular complexity index is 961. The summed E-state index contributed by atoms with van der Waals surface area (Å²) in [6.45, 7) is 1.14. The van der Waals surface area contributed by atoms with E-state index in [1.54, 1.807) is 12.3 Å². The number of aromatic nitrogens is 1. The summed E-state index contributed by atoms with van der Waals surface area (Å²) in [5.74, 6) is -1.03. The zero-order chi connectivity index (χ0) is 19.2. The van der Waals surface area contributed by atoms with Crippen molar-refractivity contribution < 1.29 is 14.3 Å². The van der Waals surface area contributed by atoms with Crippen LogP contribution in [-0.2, 0) is 20.9 Å². The Kier molecular flexibility index (Phi) is 6.20. The van der Waals surface area contributed by atoms with Crippen molar-refractivity contribution in [2.75, 3.05) is 6.61 Å². The van der Waals surface area contributed by atoms with E-state index in [1.807, 2.05) is 47.8 Å². The van der Waals surface area contributed by atoms with Gasteiger partial charge in [-0.3, -0.25) is 19.0 Å². The highest BCUT2D eigenvalue weighted by molar-refractivity contribution is 7.10. The van der Waals surface area contributed by atoms with Crippen LogP contribution in [0.2, 0.25) is 0 Å². The molecule has 0 radical (unpaired) electrons. The third kappa shape index (κ3) is 4.93. The number of esters is 1. The fourth-order valence-corrected chi connectivity index (χ4v) is 4.08. The standard InChI is InChI=1S/C19H18N2O4S2/c1-13-12-27-19(24)21(13)10-17(23)25-11-16(22)20-18(15-8-5-9-26-15)14-6-3-2-4-7-14/h2-9,12,18H,10-11H2,1H3,(H,20,22)/t18-/m1/s1. The summed E-state index contributed by atoms with van der Waals surface area (Å²) < 4.78 is 6.36. The van der Waals surface area contributed by atoms with Gasteiger partial charge < -0.3 is 10.1 Å². The van der Waals surface area contributed by atoms with Crippen LogP contribution in [0, 0.1) is 6.92 Å². The maximum atomic E-state index is 12.3. The van der Waals surface area contributed by atoms with Gasteiger partial charge in [-0.2, -0.15) is 0 Å². The van der Waals surface area contributed by atoms with E-state index >= 15 is 0 Å². The third-order valence-corrected chi connectivity index (χ3v) is 5.71. The minimum atomic E-state index is -0.624. The SMILES string of the molecule is Cc1csc(=O)n1CC(=O)OCC(=O)N[C@H](c1ccccc1)c1cccs1. The zero-order valence-electron chi connectivity index (χ0n) is 14.6. The van der Waals surface area contributed by atoms with E-state index in [2.05, 4.69) is 5.32 Å². The predicted octanol–water partition coefficient (Wildman–Crippen LogP) is 2.73. The molecule has 2 heterocycles. The summed E-state index contributed by atoms with van der Waals surface area (Å²) in [5.41, 5.74) is 1.63. The van der Waals surface area contributed by atoms with Crippen LogP contribution in [0.4, 0.5) is 0 Å². The number of carbonyl (C=O) groups is 2. The Balaban J connectivity index is 1.60. The largest absolute Gasteiger partial charge is 0.454 e. The summed E-state index contributed by atoms with van der Waals surface area (Å²) in [5, 5.41) is 6.52. The molecule has 1 aromatic carbocycles. The highest BCUT2D eigenvalue weighted by Crippen LogP contribution is 2.25. The van der Waals surface area contributed by atoms with Crippen molar-refractivity contribution in [3.63, 3.8) is 0 Å². The molecule has 3 aromatic rings. The summed E-state index contributed by atoms with van der Waals surface area (Å²) in [4.78, 5) is 36.7. The number of amides is 1. The van der Waals surface area contributed by atoms with E-state index in [-0.39, 0.29) is 17.5 Å². The number of carbonyl (C=O) groups excluding carboxylic acids is 2. The number of benzene rings is 1. The Morgan fingerprint density at radius 1 is 1.15 bits per heavy atom. The third-order valence-electron chi connectivity index (χ3n) is 3.89. The molecule has 0 bridgehead atoms. The van der Waals surface area contributed by atoms with Gasteiger partial charge in [0, 0.05) is 16.0 Å². The summed E-state index contributed by atoms with van der Waals surface area (Å²) in [6, 6.07) is 13.1. The van der Waals surface area contributed by atoms with Crippen molar-refractivity contribution in [1.29, 1.82) is 0 Å². The molecule has 0 saturated heterocycles. The molecule has 0 unspecified atom stereocenters. The topological polar surface area (TPSA) is 77.4 Å². The maximum Gasteiger partial charge on any atom is 0.326 e. The lowest BCUT2D eigenvalue weighted by Crippen LogP contribution is -2.33. The van der Waals surface area contributed by atoms with Crippen molar-refractivity contribution in [2.24, 2.45) is 0 Å². The van der Waals surface area contributed by atoms with E-state index < -0.39 is 18.5 Å². The van der Waals surface area contributed by atoms with Crippen LogP contribution in [0.5, 0.6) is 0 Å². The minimum Gasteiger partial charge on any atom is -0.454 e. The molecule has 1 amide bonds. The van der Waals surface area contributed by atoms with E-state index in [0.29, 0.717) is 5.69 Å². The van der Waals surface area contributed by atoms with Crippen molar-refractivity contribution in [1.82, 2.24) is 9.88 Å². The lowest BCUT2D eigenvalue weighted by Gasteiger charge is -2.18. The van der Waals surface area contributed by atoms with Crippen LogP contribution in [0.3, 0.4) is 0 Å². The molecule has 140 valence electrons. The van der Waals surface area contributed by atoms with Crippen LogP contribution in [0.1, 0.15) is 22.2 Å². The normalized spacial score (nSPS) is 11.7. The molecule has 0 aliphatic heterocycles. The highest BCUT2D eigenvalue weighted by Gasteiger charge is 2.19. The van der Waals surface area contributed by atoms with Crippen molar-refractivity contribution >= 4 is 34.6 Å². The molecule has 0 aliphatic rings. The van der Waals surface area contributed by atoms with Crippen LogP contribution in [0.25, 0.3) is 0 Å². The average molecular weight is 402 g/mol. The number of hydrogen-bond acceptors (Lipinski definition) is 6. The van der Waals surface area contributed by atoms with Gasteiger partial charge in [-0.25, -0.2) is 0 Å². The molecule has 8 heteroatoms. The monoisotopic (exact) mass is 402 g/mol. The van der Waals surface area contributed by atoms with Gasteiger partial charge in [0.25, 0.3) is 5.91 Å². The maximum absolute atomic E-state index is 12.3. The van der Waals surface area contributed by atoms with Gasteiger partial charge >= 0.3 is 10.8 Å². The molecule has 0 aliphatic carbocycles. The smallest absolute Gasteiger partial charge is 0.326 e. The molecule has 6 nitrogen and oxygen atoms in total. The Morgan fingerprint density at radius 2 is 1.93 bits per heavy atom. The molecule has 3 rings (SSSR count). The number of nitrogens with zero attached hydrogens (tertiary/aromatic N) is 1. The van der Waals surface area contributed by atoms with Gasteiger partial charge in [0.2, 0.25) is 0 Å². The molecule has 0 fully saturated rings. The van der Waals surface area contributed by atoms with Gasteiger partial charge in [0.1, 0.15) is 6.54 Å². The van der Waals surface area contributed by atoms with Crippen LogP contribution < -0.4 is 10.2 Å². The Morgan fingerprint density at radius 3 is 2.56 bits per heavy atom. The number of thiazole rings is 1. The van der Waals surface area contributed by atoms with Gasteiger partial charge in [0.05, 0.1) is 6.04 Å². The number of ether oxygens (including phenoxy) is 1. The summed E-state index contributed by atoms with van der Waals surface area (Å²) in [6.07, 6.45) is 0. The fraction of sp³-hybridized carbons (Fsp3) is 0.211. The molecular weight excluding hydrogens is 384 g/mol. The number of hydrogen-bond donors (Lipinski definition) is 1. The molecule has 2 aromatic heterocycles. The van der Waals surface area contributed by atoms with Crippen molar-refractivity contribution in [3.05, 3.63) is 79.0 Å². The fourth-order valence-electron chi connectivity index (χ4n) is 2.54. The van der Waals surface area contributed by atoms with E-state index in [0.717, 1.165) is 21.8 Å². The van der Waals surface area contributed by atoms with Gasteiger partial charge in [0.15, 0.2) is 6.61 Å². The first-order chi connectivity index (χ1) is 13.0. The van der Waals surface area contributed by atoms with Gasteiger partial charge in [-0.15, -0.1) is 11.3 Å². The Labute approximate surface area is 164 Å². The molecule has 1 atom stereocenters. The second-order valence-corrected chi connectivity index (χ2v) is 7.62. The van der Waals surface area contributed by atoms with E-state index in [1.165, 1.54) is 15.9 Å². The van der Waals surface area contributed by atoms with Crippen LogP contribution in [-0.4, -0.2) is 23.1 Å². The second kappa shape index (κ2) is 8.79. The van der Waals surface area contributed by atoms with Gasteiger partial charge in [-0.1, -0.05) is 47.7 Å². The summed E-state index contributed by atoms with van der Waals surface area (Å²) in [7, 11) is 0. The Hall–Kier alpha value is -2.71. The zero-order valence-corrected chi connectivity index (χ0v) is 16.2. The number of thiophene rings is 1. The van der Waals surface area contributed by atoms with E-state index in [4.69, 9.17) is 4.74 Å². The first-order valence-electron chi connectivity index (χ1n) is 8.23. The number of nitrogens with one attached hydrogen (secondary N) is 1. The lowest BCUT2D eigenvalue weighted by molar-refractivity contribution is -0.149. The molecule has 0 spiro atoms. The lowest BCUT2D eigenvalue weighted by atomic mass is 10.1. The summed E-state index contributed by atoms with van der Waals surface area (Å²) >= 11 is 2.56. The van der Waals surface area contributed by atoms with Crippen LogP contribution >= 0.6 is 22.7 Å². The first-order valence-corrected chi connectivity index (χ1v) is 9.99. The minimum absolute atomic E-state index is 0.200. The molecule has 27 heavy (non-hydrogen) atoms. The van der Waals surface area contributed by atoms with Gasteiger partial charge in [-0.05, 0) is 23.9 Å². The highest BCUT2D eigenvalue weighted by atomic mass is 32.1. The van der Waals surface area contributed by atoms with Crippen molar-refractivity contribution in [2.45, 2.75) is 19.5 Å². The second-order valence-electron chi connectivity index (χ2n) is 5.82. The molecule has 0 saturated carbocycles. The first kappa shape index (κ1) is 19.1. The van der Waals surface area contributed by atoms with Crippen LogP contribution in [0.15, 0.2) is 58.0 Å². The number of rotatable bonds is 7. The molecular formula is C19H18N2O4S2.